The number of aldehydes is 1. The number of ketones is 3. The molecule has 4 aromatic carbocycles. The van der Waals surface area contributed by atoms with Crippen molar-refractivity contribution in [1.82, 2.24) is 33.3 Å². The van der Waals surface area contributed by atoms with Crippen LogP contribution in [-0.4, -0.2) is 161 Å². The number of fused-ring (bicyclic) bond motifs is 8. The summed E-state index contributed by atoms with van der Waals surface area (Å²) in [6.45, 7) is 4.32. The molecule has 7 aromatic rings. The number of nitrogens with two attached hydrogens (primary N) is 1. The maximum atomic E-state index is 14.1. The van der Waals surface area contributed by atoms with Crippen molar-refractivity contribution in [2.24, 2.45) is 11.7 Å². The number of amides is 2. The SMILES string of the molecule is CO.COC(=O)c1c(O)c(=O)c(C(=O)CCc2ccc(F)cc2F)cn1CC=O.NCC1CCCC1.O=C(CCc1ccc(F)cc1F)c1cn2c(c(O)c1=O)C(=O)N1C[C@@H]3CCCN3[C@H]1C2.O=C(CCc1ccc(F)cc1F)c1cn2c(c(OCc3ccccc3)c1=O)C(=O)N1C[C@@H]3CCCN3[C@H]1C2. The summed E-state index contributed by atoms with van der Waals surface area (Å²) in [5.41, 5.74) is 2.72. The molecule has 0 spiro atoms. The number of carbonyl (C=O) groups is 7. The molecule has 105 heavy (non-hydrogen) atoms. The van der Waals surface area contributed by atoms with Gasteiger partial charge >= 0.3 is 5.97 Å². The Hall–Kier alpha value is -10.4. The molecule has 5 N–H and O–H groups in total. The minimum Gasteiger partial charge on any atom is -0.503 e. The van der Waals surface area contributed by atoms with Crippen LogP contribution >= 0.6 is 0 Å². The first-order valence-electron chi connectivity index (χ1n) is 34.6. The molecular weight excluding hydrogens is 1380 g/mol. The predicted octanol–water partition coefficient (Wildman–Crippen LogP) is 8.07. The molecule has 2 amide bonds. The topological polar surface area (TPSA) is 304 Å². The number of halogens is 6. The minimum atomic E-state index is -1.11. The van der Waals surface area contributed by atoms with Crippen LogP contribution in [0, 0.1) is 40.8 Å². The number of esters is 1. The number of ether oxygens (including phenoxy) is 2. The molecular formula is C76H80F6N8O15. The van der Waals surface area contributed by atoms with Crippen molar-refractivity contribution >= 4 is 41.4 Å². The van der Waals surface area contributed by atoms with E-state index in [0.29, 0.717) is 44.6 Å². The number of nitrogens with zero attached hydrogens (tertiary/aromatic N) is 7. The second-order valence-corrected chi connectivity index (χ2v) is 26.4. The van der Waals surface area contributed by atoms with Gasteiger partial charge in [0.15, 0.2) is 51.7 Å². The largest absolute Gasteiger partial charge is 0.503 e. The lowest BCUT2D eigenvalue weighted by Gasteiger charge is -2.36. The van der Waals surface area contributed by atoms with E-state index in [0.717, 1.165) is 112 Å². The summed E-state index contributed by atoms with van der Waals surface area (Å²) < 4.78 is 95.4. The van der Waals surface area contributed by atoms with Crippen molar-refractivity contribution in [3.8, 4) is 17.2 Å². The molecule has 1 saturated carbocycles. The number of carbonyl (C=O) groups excluding carboxylic acids is 7. The molecule has 0 bridgehead atoms. The second kappa shape index (κ2) is 34.5. The van der Waals surface area contributed by atoms with Crippen LogP contribution < -0.4 is 26.8 Å². The van der Waals surface area contributed by atoms with Gasteiger partial charge in [-0.2, -0.15) is 0 Å². The summed E-state index contributed by atoms with van der Waals surface area (Å²) in [6.07, 6.45) is 12.9. The fourth-order valence-corrected chi connectivity index (χ4v) is 14.6. The average molecular weight is 1460 g/mol. The van der Waals surface area contributed by atoms with Crippen molar-refractivity contribution in [2.75, 3.05) is 46.9 Å². The standard InChI is InChI=1S/C29H27F2N3O4.C22H21F2N3O4.C18H15F2NO6.C6H13N.CH4O/c30-20-10-8-19(23(31)13-20)9-11-24(35)22-15-32-16-25-33-12-4-7-21(33)14-34(25)29(37)26(32)28(27(22)36)38-17-18-5-2-1-3-6-18;23-13-5-3-12(16(24)8-13)4-6-17(28)15-10-25-11-18-26-7-1-2-14(26)9-27(18)22(31)19(25)21(30)20(15)29;1-27-18(26)15-17(25)16(24)12(9-21(15)6-7-22)14(23)5-3-10-2-4-11(19)8-13(10)20;7-5-6-3-1-2-4-6;1-2/h1-3,5-6,8,10,13,15,21,25H,4,7,9,11-12,14,16-17H2;3,5,8,10,14,18,30H,1-2,4,6-7,9,11H2;2,4,7-9,25H,3,5-6H2,1H3;6H,1-5,7H2;2H,1H3/t21-,25+;14-,18+;;;/m00.../s1. The molecule has 1 aliphatic carbocycles. The van der Waals surface area contributed by atoms with Gasteiger partial charge in [0.05, 0.1) is 43.4 Å². The molecule has 9 heterocycles. The van der Waals surface area contributed by atoms with Crippen LogP contribution in [0.2, 0.25) is 0 Å². The number of aliphatic hydroxyl groups is 1. The number of aliphatic hydroxyl groups excluding tert-OH is 1. The van der Waals surface area contributed by atoms with E-state index in [1.165, 1.54) is 60.8 Å². The van der Waals surface area contributed by atoms with Gasteiger partial charge in [-0.3, -0.25) is 48.2 Å². The average Bonchev–Trinajstić information content (AvgIpc) is 1.66. The molecule has 23 nitrogen and oxygen atoms in total. The van der Waals surface area contributed by atoms with Crippen LogP contribution in [-0.2, 0) is 55.0 Å². The highest BCUT2D eigenvalue weighted by Crippen LogP contribution is 2.38. The molecule has 4 atom stereocenters. The van der Waals surface area contributed by atoms with Crippen LogP contribution in [0.15, 0.2) is 118 Å². The number of hydrogen-bond donors (Lipinski definition) is 4. The summed E-state index contributed by atoms with van der Waals surface area (Å²) in [7, 11) is 2.02. The maximum Gasteiger partial charge on any atom is 0.358 e. The first-order chi connectivity index (χ1) is 50.5. The van der Waals surface area contributed by atoms with E-state index in [-0.39, 0.29) is 114 Å². The summed E-state index contributed by atoms with van der Waals surface area (Å²) in [6, 6.07) is 19.0. The van der Waals surface area contributed by atoms with Crippen LogP contribution in [0.5, 0.6) is 17.2 Å². The highest BCUT2D eigenvalue weighted by Gasteiger charge is 2.50. The maximum absolute atomic E-state index is 14.1. The van der Waals surface area contributed by atoms with Crippen LogP contribution in [0.3, 0.4) is 0 Å². The molecule has 14 rings (SSSR count). The van der Waals surface area contributed by atoms with Crippen molar-refractivity contribution in [1.29, 1.82) is 0 Å². The Morgan fingerprint density at radius 3 is 1.43 bits per heavy atom. The van der Waals surface area contributed by atoms with Gasteiger partial charge in [0, 0.05) is 101 Å². The molecule has 5 fully saturated rings. The van der Waals surface area contributed by atoms with Crippen molar-refractivity contribution in [3.63, 3.8) is 0 Å². The minimum absolute atomic E-state index is 0.0110. The van der Waals surface area contributed by atoms with Gasteiger partial charge in [0.1, 0.15) is 60.1 Å². The number of pyridine rings is 3. The number of methoxy groups -OCH3 is 1. The molecule has 556 valence electrons. The fourth-order valence-electron chi connectivity index (χ4n) is 14.6. The van der Waals surface area contributed by atoms with Gasteiger partial charge in [0.2, 0.25) is 16.3 Å². The quantitative estimate of drug-likeness (QED) is 0.0257. The first kappa shape index (κ1) is 77.3. The van der Waals surface area contributed by atoms with E-state index in [4.69, 9.17) is 15.6 Å². The Morgan fingerprint density at radius 1 is 0.552 bits per heavy atom. The number of rotatable bonds is 19. The van der Waals surface area contributed by atoms with Gasteiger partial charge in [-0.15, -0.1) is 0 Å². The summed E-state index contributed by atoms with van der Waals surface area (Å²) in [5, 5.41) is 27.5. The Kier molecular flexibility index (Phi) is 25.4. The van der Waals surface area contributed by atoms with E-state index < -0.39 is 110 Å². The monoisotopic (exact) mass is 1460 g/mol. The zero-order valence-corrected chi connectivity index (χ0v) is 57.8. The molecule has 0 radical (unpaired) electrons. The second-order valence-electron chi connectivity index (χ2n) is 26.4. The molecule has 4 saturated heterocycles. The van der Waals surface area contributed by atoms with Gasteiger partial charge in [-0.05, 0) is 111 Å². The van der Waals surface area contributed by atoms with E-state index in [9.17, 15) is 84.5 Å². The number of aryl methyl sites for hydroxylation is 3. The molecule has 6 aliphatic heterocycles. The predicted molar refractivity (Wildman–Crippen MR) is 369 cm³/mol. The van der Waals surface area contributed by atoms with Crippen molar-refractivity contribution < 1.29 is 84.7 Å². The highest BCUT2D eigenvalue weighted by atomic mass is 19.2. The third kappa shape index (κ3) is 17.1. The third-order valence-corrected chi connectivity index (χ3v) is 20.0. The number of Topliss-reactive ketones (excluding diaryl/α,β-unsaturated/α-hetero) is 3. The smallest absolute Gasteiger partial charge is 0.358 e. The first-order valence-corrected chi connectivity index (χ1v) is 34.6. The van der Waals surface area contributed by atoms with Crippen LogP contribution in [0.25, 0.3) is 0 Å². The van der Waals surface area contributed by atoms with Crippen LogP contribution in [0.4, 0.5) is 26.3 Å². The molecule has 0 unspecified atom stereocenters. The molecule has 29 heteroatoms. The lowest BCUT2D eigenvalue weighted by Crippen LogP contribution is -2.50. The summed E-state index contributed by atoms with van der Waals surface area (Å²) in [5.74, 6) is -9.05. The van der Waals surface area contributed by atoms with E-state index >= 15 is 0 Å². The summed E-state index contributed by atoms with van der Waals surface area (Å²) in [4.78, 5) is 134. The molecule has 7 aliphatic rings. The fraction of sp³-hybridized carbons (Fsp3) is 0.395. The lowest BCUT2D eigenvalue weighted by atomic mass is 10.0. The van der Waals surface area contributed by atoms with E-state index in [2.05, 4.69) is 14.5 Å². The van der Waals surface area contributed by atoms with Crippen LogP contribution in [0.1, 0.15) is 155 Å². The van der Waals surface area contributed by atoms with Gasteiger partial charge in [-0.1, -0.05) is 61.4 Å². The number of aromatic nitrogens is 3. The Labute approximate surface area is 598 Å². The zero-order chi connectivity index (χ0) is 75.5. The molecule has 3 aromatic heterocycles. The summed E-state index contributed by atoms with van der Waals surface area (Å²) >= 11 is 0. The third-order valence-electron chi connectivity index (χ3n) is 20.0. The normalized spacial score (nSPS) is 18.3. The lowest BCUT2D eigenvalue weighted by molar-refractivity contribution is -0.108. The Morgan fingerprint density at radius 2 is 0.990 bits per heavy atom. The number of benzene rings is 4. The number of hydrogen-bond acceptors (Lipinski definition) is 18. The van der Waals surface area contributed by atoms with E-state index in [1.807, 2.05) is 35.2 Å². The number of aromatic hydroxyl groups is 2. The van der Waals surface area contributed by atoms with E-state index in [1.54, 1.807) is 9.47 Å². The highest BCUT2D eigenvalue weighted by molar-refractivity contribution is 6.02. The van der Waals surface area contributed by atoms with Gasteiger partial charge < -0.3 is 58.8 Å². The zero-order valence-electron chi connectivity index (χ0n) is 57.8. The van der Waals surface area contributed by atoms with Crippen molar-refractivity contribution in [2.45, 2.75) is 141 Å². The Bertz CT molecular complexity index is 4640. The Balaban J connectivity index is 0.000000161. The van der Waals surface area contributed by atoms with Gasteiger partial charge in [0.25, 0.3) is 11.8 Å². The van der Waals surface area contributed by atoms with Crippen molar-refractivity contribution in [3.05, 3.63) is 225 Å². The van der Waals surface area contributed by atoms with Gasteiger partial charge in [-0.25, -0.2) is 31.1 Å².